The number of hydrogen-bond donors (Lipinski definition) is 0. The molecule has 0 aliphatic heterocycles. The quantitative estimate of drug-likeness (QED) is 0.351. The average Bonchev–Trinajstić information content (AvgIpc) is 3.26. The van der Waals surface area contributed by atoms with E-state index in [4.69, 9.17) is 23.2 Å². The molecule has 0 aliphatic carbocycles. The normalized spacial score (nSPS) is 10.7. The van der Waals surface area contributed by atoms with Crippen LogP contribution in [0.3, 0.4) is 0 Å². The van der Waals surface area contributed by atoms with Gasteiger partial charge in [0.2, 0.25) is 0 Å². The van der Waals surface area contributed by atoms with Crippen molar-refractivity contribution in [1.82, 2.24) is 5.16 Å². The second-order valence-corrected chi connectivity index (χ2v) is 6.32. The summed E-state index contributed by atoms with van der Waals surface area (Å²) < 4.78 is 26.1. The van der Waals surface area contributed by atoms with E-state index in [0.29, 0.717) is 28.3 Å². The SMILES string of the molecule is COc1cccc(-c2cc(COC(=O)c3cc4cccc(OC)c4oc3=O)no2)c1. The molecule has 0 amide bonds. The molecular formula is C22H17NO7. The Bertz CT molecular complexity index is 1270. The molecule has 0 saturated heterocycles. The molecule has 0 unspecified atom stereocenters. The summed E-state index contributed by atoms with van der Waals surface area (Å²) in [7, 11) is 3.04. The highest BCUT2D eigenvalue weighted by Crippen LogP contribution is 2.26. The van der Waals surface area contributed by atoms with Gasteiger partial charge in [0.05, 0.1) is 14.2 Å². The van der Waals surface area contributed by atoms with Crippen molar-refractivity contribution < 1.29 is 27.9 Å². The molecule has 152 valence electrons. The topological polar surface area (TPSA) is 101 Å². The molecule has 0 spiro atoms. The first-order chi connectivity index (χ1) is 14.6. The molecular weight excluding hydrogens is 390 g/mol. The Morgan fingerprint density at radius 2 is 1.87 bits per heavy atom. The van der Waals surface area contributed by atoms with E-state index < -0.39 is 11.6 Å². The number of carbonyl (C=O) groups excluding carboxylic acids is 1. The number of esters is 1. The first kappa shape index (κ1) is 19.3. The predicted octanol–water partition coefficient (Wildman–Crippen LogP) is 3.82. The van der Waals surface area contributed by atoms with Gasteiger partial charge in [0.15, 0.2) is 17.1 Å². The van der Waals surface area contributed by atoms with Gasteiger partial charge in [-0.1, -0.05) is 29.4 Å². The van der Waals surface area contributed by atoms with E-state index in [2.05, 4.69) is 5.16 Å². The Hall–Kier alpha value is -4.07. The van der Waals surface area contributed by atoms with E-state index in [1.54, 1.807) is 37.4 Å². The van der Waals surface area contributed by atoms with Crippen LogP contribution in [0, 0.1) is 0 Å². The summed E-state index contributed by atoms with van der Waals surface area (Å²) in [5.74, 6) is 0.755. The standard InChI is InChI=1S/C22H17NO7/c1-26-16-7-3-5-13(9-16)19-11-15(23-30-19)12-28-21(24)17-10-14-6-4-8-18(27-2)20(14)29-22(17)25/h3-11H,12H2,1-2H3. The van der Waals surface area contributed by atoms with E-state index >= 15 is 0 Å². The number of aromatic nitrogens is 1. The maximum atomic E-state index is 12.4. The minimum atomic E-state index is -0.820. The lowest BCUT2D eigenvalue weighted by atomic mass is 10.1. The van der Waals surface area contributed by atoms with Crippen molar-refractivity contribution in [2.24, 2.45) is 0 Å². The summed E-state index contributed by atoms with van der Waals surface area (Å²) in [6.45, 7) is -0.165. The van der Waals surface area contributed by atoms with Crippen LogP contribution in [0.1, 0.15) is 16.1 Å². The van der Waals surface area contributed by atoms with Gasteiger partial charge in [0.25, 0.3) is 0 Å². The van der Waals surface area contributed by atoms with Crippen LogP contribution in [-0.2, 0) is 11.3 Å². The molecule has 0 bridgehead atoms. The van der Waals surface area contributed by atoms with Crippen LogP contribution >= 0.6 is 0 Å². The lowest BCUT2D eigenvalue weighted by molar-refractivity contribution is 0.0459. The Kier molecular flexibility index (Phi) is 5.21. The molecule has 2 heterocycles. The van der Waals surface area contributed by atoms with Crippen molar-refractivity contribution in [3.63, 3.8) is 0 Å². The van der Waals surface area contributed by atoms with Gasteiger partial charge in [-0.15, -0.1) is 0 Å². The van der Waals surface area contributed by atoms with Crippen LogP contribution in [0.15, 0.2) is 68.3 Å². The van der Waals surface area contributed by atoms with Crippen LogP contribution in [-0.4, -0.2) is 25.3 Å². The number of nitrogens with zero attached hydrogens (tertiary/aromatic N) is 1. The van der Waals surface area contributed by atoms with Gasteiger partial charge in [0, 0.05) is 17.0 Å². The van der Waals surface area contributed by atoms with E-state index in [1.165, 1.54) is 13.2 Å². The molecule has 0 aliphatic rings. The van der Waals surface area contributed by atoms with Crippen molar-refractivity contribution in [1.29, 1.82) is 0 Å². The molecule has 4 aromatic rings. The lowest BCUT2D eigenvalue weighted by Gasteiger charge is -2.05. The smallest absolute Gasteiger partial charge is 0.351 e. The Balaban J connectivity index is 1.51. The highest BCUT2D eigenvalue weighted by atomic mass is 16.5. The molecule has 2 aromatic heterocycles. The zero-order valence-electron chi connectivity index (χ0n) is 16.2. The minimum Gasteiger partial charge on any atom is -0.497 e. The maximum absolute atomic E-state index is 12.4. The average molecular weight is 407 g/mol. The van der Waals surface area contributed by atoms with Crippen molar-refractivity contribution in [3.8, 4) is 22.8 Å². The number of hydrogen-bond acceptors (Lipinski definition) is 8. The number of rotatable bonds is 6. The number of fused-ring (bicyclic) bond motifs is 1. The highest BCUT2D eigenvalue weighted by Gasteiger charge is 2.18. The fraction of sp³-hybridized carbons (Fsp3) is 0.136. The molecule has 0 fully saturated rings. The van der Waals surface area contributed by atoms with Crippen molar-refractivity contribution in [2.45, 2.75) is 6.61 Å². The second-order valence-electron chi connectivity index (χ2n) is 6.32. The van der Waals surface area contributed by atoms with Gasteiger partial charge in [-0.25, -0.2) is 9.59 Å². The summed E-state index contributed by atoms with van der Waals surface area (Å²) in [5.41, 5.74) is 0.402. The largest absolute Gasteiger partial charge is 0.497 e. The van der Waals surface area contributed by atoms with E-state index in [1.807, 2.05) is 18.2 Å². The Morgan fingerprint density at radius 1 is 1.03 bits per heavy atom. The van der Waals surface area contributed by atoms with Crippen LogP contribution in [0.25, 0.3) is 22.3 Å². The van der Waals surface area contributed by atoms with Crippen LogP contribution in [0.4, 0.5) is 0 Å². The van der Waals surface area contributed by atoms with Crippen LogP contribution in [0.5, 0.6) is 11.5 Å². The van der Waals surface area contributed by atoms with Crippen molar-refractivity contribution in [3.05, 3.63) is 76.3 Å². The fourth-order valence-electron chi connectivity index (χ4n) is 2.93. The lowest BCUT2D eigenvalue weighted by Crippen LogP contribution is -2.16. The summed E-state index contributed by atoms with van der Waals surface area (Å²) in [6.07, 6.45) is 0. The molecule has 0 saturated carbocycles. The van der Waals surface area contributed by atoms with E-state index in [0.717, 1.165) is 5.56 Å². The van der Waals surface area contributed by atoms with Gasteiger partial charge >= 0.3 is 11.6 Å². The number of carbonyl (C=O) groups is 1. The summed E-state index contributed by atoms with van der Waals surface area (Å²) in [4.78, 5) is 24.6. The molecule has 0 N–H and O–H groups in total. The maximum Gasteiger partial charge on any atom is 0.351 e. The van der Waals surface area contributed by atoms with Crippen molar-refractivity contribution >= 4 is 16.9 Å². The third kappa shape index (κ3) is 3.75. The van der Waals surface area contributed by atoms with E-state index in [-0.39, 0.29) is 17.8 Å². The first-order valence-electron chi connectivity index (χ1n) is 8.97. The monoisotopic (exact) mass is 407 g/mol. The van der Waals surface area contributed by atoms with Crippen molar-refractivity contribution in [2.75, 3.05) is 14.2 Å². The molecule has 2 aromatic carbocycles. The first-order valence-corrected chi connectivity index (χ1v) is 8.97. The molecule has 4 rings (SSSR count). The Morgan fingerprint density at radius 3 is 2.67 bits per heavy atom. The third-order valence-corrected chi connectivity index (χ3v) is 4.43. The van der Waals surface area contributed by atoms with Gasteiger partial charge in [-0.05, 0) is 24.3 Å². The minimum absolute atomic E-state index is 0.165. The predicted molar refractivity (Wildman–Crippen MR) is 107 cm³/mol. The summed E-state index contributed by atoms with van der Waals surface area (Å²) in [6, 6.07) is 15.4. The second kappa shape index (κ2) is 8.12. The molecule has 0 atom stereocenters. The number of para-hydroxylation sites is 1. The van der Waals surface area contributed by atoms with Gasteiger partial charge in [0.1, 0.15) is 23.6 Å². The fourth-order valence-corrected chi connectivity index (χ4v) is 2.93. The number of benzene rings is 2. The Labute approximate surface area is 170 Å². The zero-order valence-corrected chi connectivity index (χ0v) is 16.2. The summed E-state index contributed by atoms with van der Waals surface area (Å²) in [5, 5.41) is 4.44. The van der Waals surface area contributed by atoms with Crippen LogP contribution < -0.4 is 15.1 Å². The van der Waals surface area contributed by atoms with Gasteiger partial charge < -0.3 is 23.2 Å². The molecule has 8 nitrogen and oxygen atoms in total. The van der Waals surface area contributed by atoms with Crippen LogP contribution in [0.2, 0.25) is 0 Å². The van der Waals surface area contributed by atoms with E-state index in [9.17, 15) is 9.59 Å². The third-order valence-electron chi connectivity index (χ3n) is 4.43. The highest BCUT2D eigenvalue weighted by molar-refractivity contribution is 5.94. The molecule has 30 heavy (non-hydrogen) atoms. The number of methoxy groups -OCH3 is 2. The molecule has 0 radical (unpaired) electrons. The zero-order chi connectivity index (χ0) is 21.1. The molecule has 8 heteroatoms. The van der Waals surface area contributed by atoms with Gasteiger partial charge in [-0.3, -0.25) is 0 Å². The summed E-state index contributed by atoms with van der Waals surface area (Å²) >= 11 is 0. The number of ether oxygens (including phenoxy) is 3. The van der Waals surface area contributed by atoms with Gasteiger partial charge in [-0.2, -0.15) is 0 Å².